The highest BCUT2D eigenvalue weighted by Crippen LogP contribution is 2.42. The molecule has 27 heavy (non-hydrogen) atoms. The Kier molecular flexibility index (Phi) is 4.98. The van der Waals surface area contributed by atoms with Gasteiger partial charge in [0.1, 0.15) is 0 Å². The van der Waals surface area contributed by atoms with E-state index in [2.05, 4.69) is 4.98 Å². The molecule has 1 heterocycles. The van der Waals surface area contributed by atoms with Gasteiger partial charge in [0.05, 0.1) is 20.9 Å². The quantitative estimate of drug-likeness (QED) is 0.468. The molecule has 0 N–H and O–H groups in total. The first-order valence-corrected chi connectivity index (χ1v) is 8.54. The number of hydrogen-bond donors (Lipinski definition) is 0. The molecule has 3 rings (SSSR count). The van der Waals surface area contributed by atoms with Gasteiger partial charge in [-0.2, -0.15) is 0 Å². The second-order valence-electron chi connectivity index (χ2n) is 5.91. The third-order valence-electron chi connectivity index (χ3n) is 4.44. The Morgan fingerprint density at radius 3 is 2.19 bits per heavy atom. The number of pyridine rings is 1. The van der Waals surface area contributed by atoms with Crippen molar-refractivity contribution in [3.05, 3.63) is 68.8 Å². The van der Waals surface area contributed by atoms with E-state index < -0.39 is 9.85 Å². The number of nitrogens with zero attached hydrogens (tertiary/aromatic N) is 4. The Labute approximate surface area is 155 Å². The highest BCUT2D eigenvalue weighted by Gasteiger charge is 2.29. The van der Waals surface area contributed by atoms with E-state index in [4.69, 9.17) is 0 Å². The summed E-state index contributed by atoms with van der Waals surface area (Å²) in [5, 5.41) is 23.6. The number of rotatable bonds is 6. The maximum Gasteiger partial charge on any atom is 0.319 e. The van der Waals surface area contributed by atoms with Crippen LogP contribution >= 0.6 is 0 Å². The van der Waals surface area contributed by atoms with E-state index >= 15 is 0 Å². The van der Waals surface area contributed by atoms with Crippen LogP contribution in [0.4, 0.5) is 17.2 Å². The summed E-state index contributed by atoms with van der Waals surface area (Å²) >= 11 is 0. The largest absolute Gasteiger partial charge is 0.351 e. The van der Waals surface area contributed by atoms with Gasteiger partial charge in [0.2, 0.25) is 5.82 Å². The molecule has 2 aromatic carbocycles. The fourth-order valence-electron chi connectivity index (χ4n) is 3.16. The third-order valence-corrected chi connectivity index (χ3v) is 4.44. The highest BCUT2D eigenvalue weighted by molar-refractivity contribution is 6.03. The minimum absolute atomic E-state index is 0.133. The molecule has 0 fully saturated rings. The monoisotopic (exact) mass is 366 g/mol. The molecule has 3 aromatic rings. The zero-order valence-corrected chi connectivity index (χ0v) is 15.0. The van der Waals surface area contributed by atoms with Crippen LogP contribution in [0, 0.1) is 20.2 Å². The van der Waals surface area contributed by atoms with Crippen molar-refractivity contribution in [2.24, 2.45) is 0 Å². The fourth-order valence-corrected chi connectivity index (χ4v) is 3.16. The van der Waals surface area contributed by atoms with Gasteiger partial charge < -0.3 is 4.90 Å². The molecule has 0 unspecified atom stereocenters. The van der Waals surface area contributed by atoms with Crippen molar-refractivity contribution < 1.29 is 9.85 Å². The maximum absolute atomic E-state index is 12.0. The van der Waals surface area contributed by atoms with E-state index in [0.717, 1.165) is 0 Å². The first-order chi connectivity index (χ1) is 13.0. The Morgan fingerprint density at radius 1 is 0.963 bits per heavy atom. The molecule has 8 heteroatoms. The standard InChI is InChI=1S/C19H18N4O4/c1-3-21(4-2)19-18(23(26)27)17(13-8-6-5-7-9-13)15-12-14(22(24)25)10-11-16(15)20-19/h5-12H,3-4H2,1-2H3. The molecular weight excluding hydrogens is 348 g/mol. The average molecular weight is 366 g/mol. The Hall–Kier alpha value is -3.55. The van der Waals surface area contributed by atoms with Crippen LogP contribution < -0.4 is 4.90 Å². The molecule has 0 atom stereocenters. The van der Waals surface area contributed by atoms with E-state index in [1.165, 1.54) is 18.2 Å². The van der Waals surface area contributed by atoms with Gasteiger partial charge in [-0.05, 0) is 25.5 Å². The third kappa shape index (κ3) is 3.29. The summed E-state index contributed by atoms with van der Waals surface area (Å²) in [6.45, 7) is 4.91. The van der Waals surface area contributed by atoms with Crippen molar-refractivity contribution >= 4 is 28.1 Å². The lowest BCUT2D eigenvalue weighted by molar-refractivity contribution is -0.384. The first kappa shape index (κ1) is 18.2. The summed E-state index contributed by atoms with van der Waals surface area (Å²) in [7, 11) is 0. The smallest absolute Gasteiger partial charge is 0.319 e. The Bertz CT molecular complexity index is 1020. The second kappa shape index (κ2) is 7.36. The molecule has 0 bridgehead atoms. The van der Waals surface area contributed by atoms with Crippen molar-refractivity contribution in [2.45, 2.75) is 13.8 Å². The first-order valence-electron chi connectivity index (χ1n) is 8.54. The number of nitro benzene ring substituents is 1. The summed E-state index contributed by atoms with van der Waals surface area (Å²) in [5.41, 5.74) is 1.16. The lowest BCUT2D eigenvalue weighted by Crippen LogP contribution is -2.24. The van der Waals surface area contributed by atoms with Gasteiger partial charge >= 0.3 is 5.69 Å². The summed E-state index contributed by atoms with van der Waals surface area (Å²) in [6, 6.07) is 13.1. The van der Waals surface area contributed by atoms with Crippen LogP contribution in [-0.4, -0.2) is 27.9 Å². The number of aromatic nitrogens is 1. The number of nitro groups is 2. The number of benzene rings is 2. The van der Waals surface area contributed by atoms with Crippen LogP contribution in [0.5, 0.6) is 0 Å². The van der Waals surface area contributed by atoms with Gasteiger partial charge in [0.25, 0.3) is 5.69 Å². The number of non-ortho nitro benzene ring substituents is 1. The molecule has 0 saturated carbocycles. The number of anilines is 1. The van der Waals surface area contributed by atoms with Gasteiger partial charge in [0, 0.05) is 30.6 Å². The molecule has 0 aliphatic rings. The molecule has 0 aliphatic heterocycles. The van der Waals surface area contributed by atoms with Gasteiger partial charge in [-0.1, -0.05) is 30.3 Å². The van der Waals surface area contributed by atoms with Gasteiger partial charge in [-0.25, -0.2) is 4.98 Å². The summed E-state index contributed by atoms with van der Waals surface area (Å²) < 4.78 is 0. The molecule has 0 radical (unpaired) electrons. The lowest BCUT2D eigenvalue weighted by Gasteiger charge is -2.21. The molecule has 0 spiro atoms. The predicted molar refractivity (Wildman–Crippen MR) is 104 cm³/mol. The van der Waals surface area contributed by atoms with Crippen molar-refractivity contribution in [2.75, 3.05) is 18.0 Å². The number of fused-ring (bicyclic) bond motifs is 1. The molecule has 1 aromatic heterocycles. The van der Waals surface area contributed by atoms with E-state index in [-0.39, 0.29) is 17.2 Å². The zero-order valence-electron chi connectivity index (χ0n) is 15.0. The number of hydrogen-bond acceptors (Lipinski definition) is 6. The van der Waals surface area contributed by atoms with Crippen LogP contribution in [-0.2, 0) is 0 Å². The van der Waals surface area contributed by atoms with Gasteiger partial charge in [-0.3, -0.25) is 20.2 Å². The van der Waals surface area contributed by atoms with Crippen LogP contribution in [0.2, 0.25) is 0 Å². The van der Waals surface area contributed by atoms with Gasteiger partial charge in [0.15, 0.2) is 0 Å². The minimum Gasteiger partial charge on any atom is -0.351 e. The predicted octanol–water partition coefficient (Wildman–Crippen LogP) is 4.56. The lowest BCUT2D eigenvalue weighted by atomic mass is 9.98. The average Bonchev–Trinajstić information content (AvgIpc) is 2.67. The summed E-state index contributed by atoms with van der Waals surface area (Å²) in [6.07, 6.45) is 0. The van der Waals surface area contributed by atoms with Crippen molar-refractivity contribution in [3.63, 3.8) is 0 Å². The molecule has 0 aliphatic carbocycles. The topological polar surface area (TPSA) is 102 Å². The van der Waals surface area contributed by atoms with E-state index in [9.17, 15) is 20.2 Å². The van der Waals surface area contributed by atoms with Crippen LogP contribution in [0.15, 0.2) is 48.5 Å². The maximum atomic E-state index is 12.0. The SMILES string of the molecule is CCN(CC)c1nc2ccc([N+](=O)[O-])cc2c(-c2ccccc2)c1[N+](=O)[O-]. The van der Waals surface area contributed by atoms with Gasteiger partial charge in [-0.15, -0.1) is 0 Å². The molecular formula is C19H18N4O4. The normalized spacial score (nSPS) is 10.7. The summed E-state index contributed by atoms with van der Waals surface area (Å²) in [5.74, 6) is 0.269. The summed E-state index contributed by atoms with van der Waals surface area (Å²) in [4.78, 5) is 28.6. The molecule has 138 valence electrons. The van der Waals surface area contributed by atoms with Crippen LogP contribution in [0.1, 0.15) is 13.8 Å². The Balaban J connectivity index is 2.49. The fraction of sp³-hybridized carbons (Fsp3) is 0.211. The minimum atomic E-state index is -0.516. The molecule has 0 amide bonds. The Morgan fingerprint density at radius 2 is 1.63 bits per heavy atom. The van der Waals surface area contributed by atoms with Crippen LogP contribution in [0.3, 0.4) is 0 Å². The van der Waals surface area contributed by atoms with E-state index in [1.54, 1.807) is 24.3 Å². The van der Waals surface area contributed by atoms with Crippen molar-refractivity contribution in [3.8, 4) is 11.1 Å². The second-order valence-corrected chi connectivity index (χ2v) is 5.91. The van der Waals surface area contributed by atoms with Crippen molar-refractivity contribution in [1.29, 1.82) is 0 Å². The zero-order chi connectivity index (χ0) is 19.6. The molecule has 0 saturated heterocycles. The van der Waals surface area contributed by atoms with Crippen LogP contribution in [0.25, 0.3) is 22.0 Å². The van der Waals surface area contributed by atoms with Crippen molar-refractivity contribution in [1.82, 2.24) is 4.98 Å². The van der Waals surface area contributed by atoms with E-state index in [0.29, 0.717) is 35.1 Å². The highest BCUT2D eigenvalue weighted by atomic mass is 16.6. The van der Waals surface area contributed by atoms with E-state index in [1.807, 2.05) is 24.8 Å². The molecule has 8 nitrogen and oxygen atoms in total.